The van der Waals surface area contributed by atoms with E-state index >= 15 is 0 Å². The van der Waals surface area contributed by atoms with E-state index in [-0.39, 0.29) is 5.60 Å². The van der Waals surface area contributed by atoms with E-state index in [4.69, 9.17) is 4.74 Å². The van der Waals surface area contributed by atoms with Crippen LogP contribution in [0.1, 0.15) is 72.1 Å². The Balaban J connectivity index is 2.64. The van der Waals surface area contributed by atoms with Crippen molar-refractivity contribution < 1.29 is 4.74 Å². The topological polar surface area (TPSA) is 21.3 Å². The first-order chi connectivity index (χ1) is 8.64. The van der Waals surface area contributed by atoms with Gasteiger partial charge in [-0.2, -0.15) is 0 Å². The molecule has 0 amide bonds. The molecule has 0 bridgehead atoms. The van der Waals surface area contributed by atoms with Gasteiger partial charge in [0, 0.05) is 13.2 Å². The molecule has 1 unspecified atom stereocenters. The molecule has 1 saturated carbocycles. The van der Waals surface area contributed by atoms with Crippen LogP contribution in [0.2, 0.25) is 0 Å². The van der Waals surface area contributed by atoms with Gasteiger partial charge in [0.05, 0.1) is 5.60 Å². The second-order valence-electron chi connectivity index (χ2n) is 6.31. The van der Waals surface area contributed by atoms with Gasteiger partial charge in [0.15, 0.2) is 0 Å². The van der Waals surface area contributed by atoms with Gasteiger partial charge in [-0.1, -0.05) is 40.0 Å². The molecule has 108 valence electrons. The zero-order valence-electron chi connectivity index (χ0n) is 12.9. The highest BCUT2D eigenvalue weighted by atomic mass is 16.5. The maximum absolute atomic E-state index is 6.01. The summed E-state index contributed by atoms with van der Waals surface area (Å²) in [6.45, 7) is 8.00. The van der Waals surface area contributed by atoms with Gasteiger partial charge in [-0.15, -0.1) is 0 Å². The number of hydrogen-bond acceptors (Lipinski definition) is 2. The third kappa shape index (κ3) is 4.55. The fourth-order valence-corrected chi connectivity index (χ4v) is 3.21. The maximum atomic E-state index is 6.01. The Bertz CT molecular complexity index is 209. The number of nitrogens with one attached hydrogen (secondary N) is 1. The van der Waals surface area contributed by atoms with Crippen LogP contribution in [-0.4, -0.2) is 25.3 Å². The first-order valence-electron chi connectivity index (χ1n) is 7.93. The smallest absolute Gasteiger partial charge is 0.0830 e. The average Bonchev–Trinajstić information content (AvgIpc) is 2.39. The molecule has 0 aromatic rings. The molecule has 0 spiro atoms. The molecule has 1 aliphatic carbocycles. The molecule has 1 aliphatic rings. The third-order valence-corrected chi connectivity index (χ3v) is 4.41. The first kappa shape index (κ1) is 16.0. The van der Waals surface area contributed by atoms with E-state index in [1.54, 1.807) is 0 Å². The summed E-state index contributed by atoms with van der Waals surface area (Å²) in [7, 11) is 1.92. The lowest BCUT2D eigenvalue weighted by Crippen LogP contribution is -2.53. The molecular formula is C16H33NO. The van der Waals surface area contributed by atoms with Gasteiger partial charge < -0.3 is 10.1 Å². The minimum absolute atomic E-state index is 0.113. The first-order valence-corrected chi connectivity index (χ1v) is 7.93. The fourth-order valence-electron chi connectivity index (χ4n) is 3.21. The Hall–Kier alpha value is -0.0800. The summed E-state index contributed by atoms with van der Waals surface area (Å²) in [6.07, 6.45) is 10.3. The average molecular weight is 255 g/mol. The maximum Gasteiger partial charge on any atom is 0.0830 e. The van der Waals surface area contributed by atoms with E-state index in [0.717, 1.165) is 12.5 Å². The highest BCUT2D eigenvalue weighted by Gasteiger charge is 2.39. The molecule has 0 aromatic carbocycles. The Labute approximate surface area is 114 Å². The SMILES string of the molecule is CCCNC(CCC(C)C)C1(OC)CCCCC1. The second kappa shape index (κ2) is 8.16. The van der Waals surface area contributed by atoms with Gasteiger partial charge in [0.25, 0.3) is 0 Å². The molecule has 0 aromatic heterocycles. The van der Waals surface area contributed by atoms with E-state index in [2.05, 4.69) is 26.1 Å². The summed E-state index contributed by atoms with van der Waals surface area (Å²) in [4.78, 5) is 0. The number of rotatable bonds is 8. The van der Waals surface area contributed by atoms with Crippen molar-refractivity contribution in [2.75, 3.05) is 13.7 Å². The summed E-state index contributed by atoms with van der Waals surface area (Å²) in [5.74, 6) is 0.786. The van der Waals surface area contributed by atoms with Gasteiger partial charge in [-0.3, -0.25) is 0 Å². The van der Waals surface area contributed by atoms with Gasteiger partial charge in [0.1, 0.15) is 0 Å². The van der Waals surface area contributed by atoms with Crippen LogP contribution >= 0.6 is 0 Å². The minimum Gasteiger partial charge on any atom is -0.377 e. The zero-order chi connectivity index (χ0) is 13.4. The van der Waals surface area contributed by atoms with Crippen LogP contribution < -0.4 is 5.32 Å². The molecule has 2 nitrogen and oxygen atoms in total. The van der Waals surface area contributed by atoms with E-state index in [1.165, 1.54) is 51.4 Å². The number of ether oxygens (including phenoxy) is 1. The van der Waals surface area contributed by atoms with E-state index in [9.17, 15) is 0 Å². The van der Waals surface area contributed by atoms with Crippen molar-refractivity contribution in [2.24, 2.45) is 5.92 Å². The predicted molar refractivity (Wildman–Crippen MR) is 79.0 cm³/mol. The Morgan fingerprint density at radius 2 is 1.78 bits per heavy atom. The van der Waals surface area contributed by atoms with Crippen LogP contribution in [0.15, 0.2) is 0 Å². The summed E-state index contributed by atoms with van der Waals surface area (Å²) < 4.78 is 6.01. The monoisotopic (exact) mass is 255 g/mol. The molecule has 1 N–H and O–H groups in total. The lowest BCUT2D eigenvalue weighted by atomic mass is 9.77. The highest BCUT2D eigenvalue weighted by Crippen LogP contribution is 2.36. The van der Waals surface area contributed by atoms with Crippen molar-refractivity contribution in [1.29, 1.82) is 0 Å². The lowest BCUT2D eigenvalue weighted by Gasteiger charge is -2.43. The van der Waals surface area contributed by atoms with Crippen LogP contribution in [0, 0.1) is 5.92 Å². The summed E-state index contributed by atoms with van der Waals surface area (Å²) in [5.41, 5.74) is 0.113. The summed E-state index contributed by atoms with van der Waals surface area (Å²) in [6, 6.07) is 0.546. The predicted octanol–water partition coefficient (Wildman–Crippen LogP) is 4.14. The van der Waals surface area contributed by atoms with Crippen LogP contribution in [-0.2, 0) is 4.74 Å². The van der Waals surface area contributed by atoms with Gasteiger partial charge in [-0.25, -0.2) is 0 Å². The summed E-state index contributed by atoms with van der Waals surface area (Å²) in [5, 5.41) is 3.76. The molecule has 18 heavy (non-hydrogen) atoms. The van der Waals surface area contributed by atoms with Gasteiger partial charge >= 0.3 is 0 Å². The number of methoxy groups -OCH3 is 1. The largest absolute Gasteiger partial charge is 0.377 e. The van der Waals surface area contributed by atoms with Crippen LogP contribution in [0.25, 0.3) is 0 Å². The van der Waals surface area contributed by atoms with Crippen molar-refractivity contribution in [1.82, 2.24) is 5.32 Å². The molecule has 1 atom stereocenters. The van der Waals surface area contributed by atoms with Crippen LogP contribution in [0.4, 0.5) is 0 Å². The molecule has 1 rings (SSSR count). The van der Waals surface area contributed by atoms with E-state index in [0.29, 0.717) is 6.04 Å². The third-order valence-electron chi connectivity index (χ3n) is 4.41. The quantitative estimate of drug-likeness (QED) is 0.704. The molecular weight excluding hydrogens is 222 g/mol. The van der Waals surface area contributed by atoms with E-state index < -0.39 is 0 Å². The van der Waals surface area contributed by atoms with E-state index in [1.807, 2.05) is 7.11 Å². The lowest BCUT2D eigenvalue weighted by molar-refractivity contribution is -0.0701. The van der Waals surface area contributed by atoms with Gasteiger partial charge in [0.2, 0.25) is 0 Å². The summed E-state index contributed by atoms with van der Waals surface area (Å²) >= 11 is 0. The highest BCUT2D eigenvalue weighted by molar-refractivity contribution is 4.95. The zero-order valence-corrected chi connectivity index (χ0v) is 12.9. The van der Waals surface area contributed by atoms with Crippen molar-refractivity contribution in [2.45, 2.75) is 83.8 Å². The Morgan fingerprint density at radius 3 is 2.28 bits per heavy atom. The van der Waals surface area contributed by atoms with Crippen LogP contribution in [0.5, 0.6) is 0 Å². The fraction of sp³-hybridized carbons (Fsp3) is 1.00. The molecule has 0 radical (unpaired) electrons. The minimum atomic E-state index is 0.113. The Morgan fingerprint density at radius 1 is 1.11 bits per heavy atom. The molecule has 0 heterocycles. The molecule has 2 heteroatoms. The van der Waals surface area contributed by atoms with Crippen LogP contribution in [0.3, 0.4) is 0 Å². The molecule has 0 aliphatic heterocycles. The van der Waals surface area contributed by atoms with Gasteiger partial charge in [-0.05, 0) is 44.6 Å². The normalized spacial score (nSPS) is 21.2. The number of hydrogen-bond donors (Lipinski definition) is 1. The standard InChI is InChI=1S/C16H33NO/c1-5-13-17-15(10-9-14(2)3)16(18-4)11-7-6-8-12-16/h14-15,17H,5-13H2,1-4H3. The van der Waals surface area contributed by atoms with Crippen molar-refractivity contribution >= 4 is 0 Å². The van der Waals surface area contributed by atoms with Crippen molar-refractivity contribution in [3.05, 3.63) is 0 Å². The molecule has 1 fully saturated rings. The molecule has 0 saturated heterocycles. The Kier molecular flexibility index (Phi) is 7.25. The van der Waals surface area contributed by atoms with Crippen molar-refractivity contribution in [3.63, 3.8) is 0 Å². The van der Waals surface area contributed by atoms with Crippen molar-refractivity contribution in [3.8, 4) is 0 Å². The second-order valence-corrected chi connectivity index (χ2v) is 6.31.